The second kappa shape index (κ2) is 6.10. The second-order valence-electron chi connectivity index (χ2n) is 4.78. The first-order valence-corrected chi connectivity index (χ1v) is 6.28. The number of rotatable bonds is 4. The fourth-order valence-corrected chi connectivity index (χ4v) is 2.44. The summed E-state index contributed by atoms with van der Waals surface area (Å²) in [5, 5.41) is 6.96. The van der Waals surface area contributed by atoms with Crippen LogP contribution in [-0.2, 0) is 0 Å². The Kier molecular flexibility index (Phi) is 4.48. The highest BCUT2D eigenvalue weighted by molar-refractivity contribution is 5.14. The Morgan fingerprint density at radius 3 is 3.18 bits per heavy atom. The van der Waals surface area contributed by atoms with E-state index in [2.05, 4.69) is 33.6 Å². The van der Waals surface area contributed by atoms with Gasteiger partial charge in [-0.2, -0.15) is 0 Å². The van der Waals surface area contributed by atoms with Gasteiger partial charge in [-0.05, 0) is 32.1 Å². The van der Waals surface area contributed by atoms with Gasteiger partial charge in [0.2, 0.25) is 0 Å². The Morgan fingerprint density at radius 2 is 2.53 bits per heavy atom. The van der Waals surface area contributed by atoms with Crippen molar-refractivity contribution < 1.29 is 0 Å². The number of pyridine rings is 1. The highest BCUT2D eigenvalue weighted by Gasteiger charge is 2.20. The van der Waals surface area contributed by atoms with E-state index in [-0.39, 0.29) is 0 Å². The molecule has 1 aliphatic rings. The molecule has 0 saturated carbocycles. The maximum atomic E-state index is 4.19. The predicted molar refractivity (Wildman–Crippen MR) is 69.9 cm³/mol. The highest BCUT2D eigenvalue weighted by Crippen LogP contribution is 2.18. The summed E-state index contributed by atoms with van der Waals surface area (Å²) in [6, 6.07) is 5.08. The van der Waals surface area contributed by atoms with Gasteiger partial charge >= 0.3 is 0 Å². The molecule has 17 heavy (non-hydrogen) atoms. The van der Waals surface area contributed by atoms with Crippen LogP contribution in [0.1, 0.15) is 18.0 Å². The largest absolute Gasteiger partial charge is 0.313 e. The highest BCUT2D eigenvalue weighted by atomic mass is 15.2. The molecule has 2 atom stereocenters. The standard InChI is InChI=1S/C13H22N4/c1-14-13(11-4-3-5-15-9-11)8-12-10-17(2)7-6-16-12/h3-5,9,12-14,16H,6-8,10H2,1-2H3. The minimum Gasteiger partial charge on any atom is -0.313 e. The summed E-state index contributed by atoms with van der Waals surface area (Å²) in [6.07, 6.45) is 4.88. The van der Waals surface area contributed by atoms with E-state index in [0.717, 1.165) is 26.1 Å². The second-order valence-corrected chi connectivity index (χ2v) is 4.78. The zero-order chi connectivity index (χ0) is 12.1. The van der Waals surface area contributed by atoms with E-state index in [1.807, 2.05) is 25.5 Å². The Labute approximate surface area is 103 Å². The van der Waals surface area contributed by atoms with E-state index in [9.17, 15) is 0 Å². The molecule has 1 saturated heterocycles. The van der Waals surface area contributed by atoms with Crippen LogP contribution in [0.25, 0.3) is 0 Å². The summed E-state index contributed by atoms with van der Waals surface area (Å²) in [7, 11) is 4.20. The van der Waals surface area contributed by atoms with Gasteiger partial charge in [0.15, 0.2) is 0 Å². The molecule has 4 heteroatoms. The topological polar surface area (TPSA) is 40.2 Å². The molecule has 0 aromatic carbocycles. The Balaban J connectivity index is 1.95. The molecule has 1 aromatic heterocycles. The van der Waals surface area contributed by atoms with Crippen LogP contribution in [-0.4, -0.2) is 49.7 Å². The van der Waals surface area contributed by atoms with Gasteiger partial charge in [0.05, 0.1) is 0 Å². The third kappa shape index (κ3) is 3.49. The summed E-state index contributed by atoms with van der Waals surface area (Å²) in [6.45, 7) is 3.36. The van der Waals surface area contributed by atoms with E-state index < -0.39 is 0 Å². The van der Waals surface area contributed by atoms with Crippen molar-refractivity contribution in [3.8, 4) is 0 Å². The maximum Gasteiger partial charge on any atom is 0.0348 e. The molecule has 0 aliphatic carbocycles. The molecular weight excluding hydrogens is 212 g/mol. The number of hydrogen-bond donors (Lipinski definition) is 2. The van der Waals surface area contributed by atoms with Crippen molar-refractivity contribution in [2.75, 3.05) is 33.7 Å². The molecule has 0 spiro atoms. The van der Waals surface area contributed by atoms with E-state index in [0.29, 0.717) is 12.1 Å². The van der Waals surface area contributed by atoms with Crippen LogP contribution in [0.2, 0.25) is 0 Å². The molecule has 2 N–H and O–H groups in total. The van der Waals surface area contributed by atoms with Gasteiger partial charge in [-0.1, -0.05) is 6.07 Å². The average molecular weight is 234 g/mol. The van der Waals surface area contributed by atoms with Crippen LogP contribution in [0, 0.1) is 0 Å². The van der Waals surface area contributed by atoms with Crippen molar-refractivity contribution in [2.45, 2.75) is 18.5 Å². The molecule has 2 unspecified atom stereocenters. The quantitative estimate of drug-likeness (QED) is 0.802. The lowest BCUT2D eigenvalue weighted by Gasteiger charge is -2.33. The van der Waals surface area contributed by atoms with E-state index in [4.69, 9.17) is 0 Å². The van der Waals surface area contributed by atoms with Gasteiger partial charge in [0, 0.05) is 44.1 Å². The van der Waals surface area contributed by atoms with Crippen LogP contribution < -0.4 is 10.6 Å². The third-order valence-electron chi connectivity index (χ3n) is 3.41. The van der Waals surface area contributed by atoms with Crippen molar-refractivity contribution in [1.82, 2.24) is 20.5 Å². The molecular formula is C13H22N4. The lowest BCUT2D eigenvalue weighted by molar-refractivity contribution is 0.222. The fourth-order valence-electron chi connectivity index (χ4n) is 2.44. The van der Waals surface area contributed by atoms with Crippen LogP contribution in [0.15, 0.2) is 24.5 Å². The minimum atomic E-state index is 0.382. The molecule has 0 radical (unpaired) electrons. The number of nitrogens with one attached hydrogen (secondary N) is 2. The van der Waals surface area contributed by atoms with Gasteiger partial charge in [0.1, 0.15) is 0 Å². The average Bonchev–Trinajstić information content (AvgIpc) is 2.37. The fraction of sp³-hybridized carbons (Fsp3) is 0.615. The molecule has 0 bridgehead atoms. The summed E-state index contributed by atoms with van der Waals surface area (Å²) in [5.41, 5.74) is 1.27. The van der Waals surface area contributed by atoms with Gasteiger partial charge in [-0.25, -0.2) is 0 Å². The number of piperazine rings is 1. The molecule has 4 nitrogen and oxygen atoms in total. The summed E-state index contributed by atoms with van der Waals surface area (Å²) in [4.78, 5) is 6.58. The smallest absolute Gasteiger partial charge is 0.0348 e. The molecule has 94 valence electrons. The normalized spacial score (nSPS) is 23.5. The summed E-state index contributed by atoms with van der Waals surface area (Å²) < 4.78 is 0. The number of hydrogen-bond acceptors (Lipinski definition) is 4. The van der Waals surface area contributed by atoms with Crippen molar-refractivity contribution in [3.05, 3.63) is 30.1 Å². The monoisotopic (exact) mass is 234 g/mol. The van der Waals surface area contributed by atoms with Crippen LogP contribution in [0.4, 0.5) is 0 Å². The maximum absolute atomic E-state index is 4.19. The minimum absolute atomic E-state index is 0.382. The van der Waals surface area contributed by atoms with Gasteiger partial charge in [-0.3, -0.25) is 4.98 Å². The molecule has 2 rings (SSSR count). The first-order valence-electron chi connectivity index (χ1n) is 6.28. The Hall–Kier alpha value is -0.970. The van der Waals surface area contributed by atoms with Crippen molar-refractivity contribution in [2.24, 2.45) is 0 Å². The Bertz CT molecular complexity index is 327. The molecule has 1 aromatic rings. The first-order chi connectivity index (χ1) is 8.29. The van der Waals surface area contributed by atoms with Gasteiger partial charge in [-0.15, -0.1) is 0 Å². The SMILES string of the molecule is CNC(CC1CN(C)CCN1)c1cccnc1. The lowest BCUT2D eigenvalue weighted by Crippen LogP contribution is -2.50. The zero-order valence-corrected chi connectivity index (χ0v) is 10.7. The summed E-state index contributed by atoms with van der Waals surface area (Å²) in [5.74, 6) is 0. The van der Waals surface area contributed by atoms with E-state index in [1.54, 1.807) is 0 Å². The van der Waals surface area contributed by atoms with Crippen LogP contribution in [0.3, 0.4) is 0 Å². The third-order valence-corrected chi connectivity index (χ3v) is 3.41. The first kappa shape index (κ1) is 12.5. The number of nitrogens with zero attached hydrogens (tertiary/aromatic N) is 2. The number of aromatic nitrogens is 1. The zero-order valence-electron chi connectivity index (χ0n) is 10.7. The molecule has 1 fully saturated rings. The van der Waals surface area contributed by atoms with Crippen molar-refractivity contribution in [3.63, 3.8) is 0 Å². The molecule has 0 amide bonds. The molecule has 2 heterocycles. The predicted octanol–water partition coefficient (Wildman–Crippen LogP) is 0.636. The van der Waals surface area contributed by atoms with Crippen LogP contribution >= 0.6 is 0 Å². The van der Waals surface area contributed by atoms with Gasteiger partial charge in [0.25, 0.3) is 0 Å². The Morgan fingerprint density at radius 1 is 1.65 bits per heavy atom. The summed E-state index contributed by atoms with van der Waals surface area (Å²) >= 11 is 0. The van der Waals surface area contributed by atoms with Crippen LogP contribution in [0.5, 0.6) is 0 Å². The number of likely N-dealkylation sites (N-methyl/N-ethyl adjacent to an activating group) is 1. The van der Waals surface area contributed by atoms with E-state index >= 15 is 0 Å². The van der Waals surface area contributed by atoms with Crippen molar-refractivity contribution in [1.29, 1.82) is 0 Å². The van der Waals surface area contributed by atoms with E-state index in [1.165, 1.54) is 5.56 Å². The van der Waals surface area contributed by atoms with Gasteiger partial charge < -0.3 is 15.5 Å². The van der Waals surface area contributed by atoms with Crippen molar-refractivity contribution >= 4 is 0 Å². The lowest BCUT2D eigenvalue weighted by atomic mass is 9.99. The molecule has 1 aliphatic heterocycles.